The number of ether oxygens (including phenoxy) is 1. The molecule has 90 valence electrons. The van der Waals surface area contributed by atoms with Crippen LogP contribution in [0.4, 0.5) is 4.79 Å². The summed E-state index contributed by atoms with van der Waals surface area (Å²) in [5.41, 5.74) is 1.49. The lowest BCUT2D eigenvalue weighted by Gasteiger charge is -2.13. The molecule has 0 bridgehead atoms. The van der Waals surface area contributed by atoms with E-state index in [0.29, 0.717) is 5.11 Å². The molecule has 16 heavy (non-hydrogen) atoms. The maximum Gasteiger partial charge on any atom is 0.413 e. The number of methoxy groups -OCH3 is 1. The number of carbonyl (C=O) groups excluding carboxylic acids is 1. The van der Waals surface area contributed by atoms with Crippen molar-refractivity contribution in [3.8, 4) is 0 Å². The zero-order valence-corrected chi connectivity index (χ0v) is 10.4. The summed E-state index contributed by atoms with van der Waals surface area (Å²) in [5.74, 6) is 0. The number of alkyl carbamates (subject to hydrolysis) is 1. The Kier molecular flexibility index (Phi) is 5.85. The van der Waals surface area contributed by atoms with Crippen molar-refractivity contribution in [2.75, 3.05) is 13.7 Å². The standard InChI is InChI=1S/C11H18N2O2S/c1-15-11(14)13-10(16)12-8-7-9-5-3-2-4-6-9/h5H,2-4,6-8H2,1H3,(H2,12,13,14,16). The van der Waals surface area contributed by atoms with E-state index in [-0.39, 0.29) is 0 Å². The van der Waals surface area contributed by atoms with E-state index in [2.05, 4.69) is 21.4 Å². The van der Waals surface area contributed by atoms with Crippen LogP contribution in [0.15, 0.2) is 11.6 Å². The van der Waals surface area contributed by atoms with E-state index in [1.54, 1.807) is 0 Å². The Hall–Kier alpha value is -1.10. The quantitative estimate of drug-likeness (QED) is 0.588. The van der Waals surface area contributed by atoms with Gasteiger partial charge >= 0.3 is 6.09 Å². The lowest BCUT2D eigenvalue weighted by molar-refractivity contribution is 0.176. The van der Waals surface area contributed by atoms with Gasteiger partial charge in [-0.15, -0.1) is 0 Å². The topological polar surface area (TPSA) is 50.4 Å². The van der Waals surface area contributed by atoms with Crippen LogP contribution in [0.1, 0.15) is 32.1 Å². The van der Waals surface area contributed by atoms with Gasteiger partial charge in [0, 0.05) is 6.54 Å². The largest absolute Gasteiger partial charge is 0.453 e. The second-order valence-electron chi connectivity index (χ2n) is 3.73. The molecular formula is C11H18N2O2S. The third-order valence-electron chi connectivity index (χ3n) is 2.52. The molecule has 0 saturated heterocycles. The number of hydrogen-bond donors (Lipinski definition) is 2. The smallest absolute Gasteiger partial charge is 0.413 e. The predicted octanol–water partition coefficient (Wildman–Crippen LogP) is 2.11. The van der Waals surface area contributed by atoms with Crippen molar-refractivity contribution in [3.63, 3.8) is 0 Å². The van der Waals surface area contributed by atoms with Gasteiger partial charge in [-0.25, -0.2) is 4.79 Å². The Morgan fingerprint density at radius 2 is 2.38 bits per heavy atom. The van der Waals surface area contributed by atoms with Crippen LogP contribution in [0, 0.1) is 0 Å². The molecular weight excluding hydrogens is 224 g/mol. The molecule has 0 aromatic carbocycles. The summed E-state index contributed by atoms with van der Waals surface area (Å²) in [4.78, 5) is 10.8. The normalized spacial score (nSPS) is 14.9. The van der Waals surface area contributed by atoms with Crippen molar-refractivity contribution >= 4 is 23.4 Å². The van der Waals surface area contributed by atoms with E-state index in [0.717, 1.165) is 13.0 Å². The van der Waals surface area contributed by atoms with Crippen molar-refractivity contribution in [2.45, 2.75) is 32.1 Å². The molecule has 1 aliphatic carbocycles. The molecule has 1 amide bonds. The number of allylic oxidation sites excluding steroid dienone is 1. The SMILES string of the molecule is COC(=O)NC(=S)NCCC1=CCCCC1. The molecule has 0 unspecified atom stereocenters. The lowest BCUT2D eigenvalue weighted by Crippen LogP contribution is -2.39. The molecule has 4 nitrogen and oxygen atoms in total. The third-order valence-corrected chi connectivity index (χ3v) is 2.76. The van der Waals surface area contributed by atoms with Gasteiger partial charge in [-0.1, -0.05) is 11.6 Å². The van der Waals surface area contributed by atoms with Crippen LogP contribution >= 0.6 is 12.2 Å². The van der Waals surface area contributed by atoms with E-state index in [4.69, 9.17) is 12.2 Å². The molecule has 1 aliphatic rings. The number of amides is 1. The summed E-state index contributed by atoms with van der Waals surface area (Å²) in [6.07, 6.45) is 7.74. The Morgan fingerprint density at radius 3 is 3.00 bits per heavy atom. The summed E-state index contributed by atoms with van der Waals surface area (Å²) in [5, 5.41) is 5.70. The van der Waals surface area contributed by atoms with Crippen LogP contribution in [0.2, 0.25) is 0 Å². The van der Waals surface area contributed by atoms with Gasteiger partial charge in [0.25, 0.3) is 0 Å². The highest BCUT2D eigenvalue weighted by molar-refractivity contribution is 7.80. The van der Waals surface area contributed by atoms with Gasteiger partial charge in [0.2, 0.25) is 0 Å². The number of rotatable bonds is 3. The van der Waals surface area contributed by atoms with Gasteiger partial charge in [-0.2, -0.15) is 0 Å². The molecule has 0 saturated carbocycles. The molecule has 0 spiro atoms. The van der Waals surface area contributed by atoms with E-state index in [1.807, 2.05) is 0 Å². The Balaban J connectivity index is 2.12. The fourth-order valence-corrected chi connectivity index (χ4v) is 1.84. The number of hydrogen-bond acceptors (Lipinski definition) is 3. The van der Waals surface area contributed by atoms with E-state index >= 15 is 0 Å². The van der Waals surface area contributed by atoms with Crippen molar-refractivity contribution in [1.29, 1.82) is 0 Å². The molecule has 0 aromatic rings. The van der Waals surface area contributed by atoms with Crippen molar-refractivity contribution in [1.82, 2.24) is 10.6 Å². The zero-order chi connectivity index (χ0) is 11.8. The predicted molar refractivity (Wildman–Crippen MR) is 67.3 cm³/mol. The summed E-state index contributed by atoms with van der Waals surface area (Å²) < 4.78 is 4.43. The Labute approximate surface area is 101 Å². The van der Waals surface area contributed by atoms with Crippen LogP contribution in [0.5, 0.6) is 0 Å². The van der Waals surface area contributed by atoms with Crippen LogP contribution in [0.3, 0.4) is 0 Å². The highest BCUT2D eigenvalue weighted by Crippen LogP contribution is 2.19. The minimum Gasteiger partial charge on any atom is -0.453 e. The van der Waals surface area contributed by atoms with Crippen LogP contribution < -0.4 is 10.6 Å². The molecule has 0 atom stereocenters. The van der Waals surface area contributed by atoms with Crippen molar-refractivity contribution in [3.05, 3.63) is 11.6 Å². The van der Waals surface area contributed by atoms with Gasteiger partial charge in [0.15, 0.2) is 5.11 Å². The average Bonchev–Trinajstić information content (AvgIpc) is 2.30. The summed E-state index contributed by atoms with van der Waals surface area (Å²) in [6.45, 7) is 0.759. The number of thiocarbonyl (C=S) groups is 1. The molecule has 0 heterocycles. The van der Waals surface area contributed by atoms with Gasteiger partial charge in [-0.3, -0.25) is 5.32 Å². The molecule has 0 aromatic heterocycles. The van der Waals surface area contributed by atoms with Gasteiger partial charge in [-0.05, 0) is 44.3 Å². The Morgan fingerprint density at radius 1 is 1.56 bits per heavy atom. The minimum absolute atomic E-state index is 0.322. The van der Waals surface area contributed by atoms with Gasteiger partial charge in [0.05, 0.1) is 7.11 Å². The molecule has 0 fully saturated rings. The van der Waals surface area contributed by atoms with Gasteiger partial charge in [0.1, 0.15) is 0 Å². The van der Waals surface area contributed by atoms with Crippen LogP contribution in [-0.4, -0.2) is 24.9 Å². The van der Waals surface area contributed by atoms with Gasteiger partial charge < -0.3 is 10.1 Å². The molecule has 1 rings (SSSR count). The second kappa shape index (κ2) is 7.22. The first-order chi connectivity index (χ1) is 7.72. The first kappa shape index (κ1) is 13.0. The monoisotopic (exact) mass is 242 g/mol. The molecule has 2 N–H and O–H groups in total. The fraction of sp³-hybridized carbons (Fsp3) is 0.636. The molecule has 0 aliphatic heterocycles. The summed E-state index contributed by atoms with van der Waals surface area (Å²) in [7, 11) is 1.31. The van der Waals surface area contributed by atoms with E-state index < -0.39 is 6.09 Å². The number of nitrogens with one attached hydrogen (secondary N) is 2. The number of carbonyl (C=O) groups is 1. The summed E-state index contributed by atoms with van der Waals surface area (Å²) in [6, 6.07) is 0. The van der Waals surface area contributed by atoms with Crippen LogP contribution in [0.25, 0.3) is 0 Å². The summed E-state index contributed by atoms with van der Waals surface area (Å²) >= 11 is 4.92. The molecule has 0 radical (unpaired) electrons. The van der Waals surface area contributed by atoms with Crippen LogP contribution in [-0.2, 0) is 4.74 Å². The highest BCUT2D eigenvalue weighted by Gasteiger charge is 2.05. The lowest BCUT2D eigenvalue weighted by atomic mass is 9.97. The zero-order valence-electron chi connectivity index (χ0n) is 9.54. The maximum atomic E-state index is 10.8. The van der Waals surface area contributed by atoms with E-state index in [9.17, 15) is 4.79 Å². The Bertz CT molecular complexity index is 290. The third kappa shape index (κ3) is 5.11. The minimum atomic E-state index is -0.533. The average molecular weight is 242 g/mol. The second-order valence-corrected chi connectivity index (χ2v) is 4.14. The first-order valence-electron chi connectivity index (χ1n) is 5.53. The maximum absolute atomic E-state index is 10.8. The highest BCUT2D eigenvalue weighted by atomic mass is 32.1. The first-order valence-corrected chi connectivity index (χ1v) is 5.94. The molecule has 5 heteroatoms. The van der Waals surface area contributed by atoms with Crippen molar-refractivity contribution < 1.29 is 9.53 Å². The fourth-order valence-electron chi connectivity index (χ4n) is 1.66. The van der Waals surface area contributed by atoms with E-state index in [1.165, 1.54) is 38.4 Å². The van der Waals surface area contributed by atoms with Crippen molar-refractivity contribution in [2.24, 2.45) is 0 Å².